The van der Waals surface area contributed by atoms with Crippen molar-refractivity contribution in [2.75, 3.05) is 7.11 Å². The standard InChI is InChI=1S/C10H12ClOSi/c1-6-7(2)10(12-3)9(13)4-8(6)5-11/h4H,5H2,1-3H3. The van der Waals surface area contributed by atoms with Crippen molar-refractivity contribution in [2.24, 2.45) is 0 Å². The van der Waals surface area contributed by atoms with Gasteiger partial charge in [0.1, 0.15) is 5.75 Å². The summed E-state index contributed by atoms with van der Waals surface area (Å²) in [5.74, 6) is 1.43. The van der Waals surface area contributed by atoms with Crippen LogP contribution in [0.1, 0.15) is 16.7 Å². The number of alkyl halides is 1. The fourth-order valence-electron chi connectivity index (χ4n) is 1.36. The van der Waals surface area contributed by atoms with Crippen molar-refractivity contribution in [3.63, 3.8) is 0 Å². The zero-order chi connectivity index (χ0) is 10.0. The van der Waals surface area contributed by atoms with Crippen LogP contribution in [0.2, 0.25) is 0 Å². The Labute approximate surface area is 87.5 Å². The highest BCUT2D eigenvalue weighted by Crippen LogP contribution is 2.22. The Balaban J connectivity index is 3.37. The van der Waals surface area contributed by atoms with Crippen molar-refractivity contribution < 1.29 is 4.74 Å². The Morgan fingerprint density at radius 3 is 2.46 bits per heavy atom. The molecule has 0 saturated heterocycles. The Kier molecular flexibility index (Phi) is 3.39. The number of methoxy groups -OCH3 is 1. The summed E-state index contributed by atoms with van der Waals surface area (Å²) in [6.45, 7) is 4.09. The van der Waals surface area contributed by atoms with Gasteiger partial charge in [-0.05, 0) is 35.7 Å². The average Bonchev–Trinajstić information content (AvgIpc) is 2.12. The number of hydrogen-bond donors (Lipinski definition) is 0. The predicted octanol–water partition coefficient (Wildman–Crippen LogP) is 1.84. The molecule has 0 fully saturated rings. The zero-order valence-corrected chi connectivity index (χ0v) is 9.83. The molecule has 3 radical (unpaired) electrons. The van der Waals surface area contributed by atoms with Gasteiger partial charge >= 0.3 is 0 Å². The number of benzene rings is 1. The van der Waals surface area contributed by atoms with Gasteiger partial charge in [0.05, 0.1) is 17.4 Å². The highest BCUT2D eigenvalue weighted by molar-refractivity contribution is 6.34. The van der Waals surface area contributed by atoms with E-state index >= 15 is 0 Å². The van der Waals surface area contributed by atoms with Crippen LogP contribution in [0.25, 0.3) is 0 Å². The van der Waals surface area contributed by atoms with Crippen LogP contribution in [0.5, 0.6) is 5.75 Å². The van der Waals surface area contributed by atoms with E-state index in [0.717, 1.165) is 22.1 Å². The summed E-state index contributed by atoms with van der Waals surface area (Å²) in [6, 6.07) is 2.01. The lowest BCUT2D eigenvalue weighted by atomic mass is 10.0. The molecule has 1 nitrogen and oxygen atoms in total. The zero-order valence-electron chi connectivity index (χ0n) is 8.07. The minimum atomic E-state index is 0.536. The maximum Gasteiger partial charge on any atom is 0.120 e. The molecule has 0 N–H and O–H groups in total. The Morgan fingerprint density at radius 2 is 2.00 bits per heavy atom. The number of halogens is 1. The predicted molar refractivity (Wildman–Crippen MR) is 57.4 cm³/mol. The third-order valence-corrected chi connectivity index (χ3v) is 2.96. The van der Waals surface area contributed by atoms with Crippen molar-refractivity contribution in [2.45, 2.75) is 19.7 Å². The van der Waals surface area contributed by atoms with Crippen LogP contribution < -0.4 is 9.92 Å². The second-order valence-electron chi connectivity index (χ2n) is 3.00. The van der Waals surface area contributed by atoms with Gasteiger partial charge in [-0.15, -0.1) is 11.6 Å². The Morgan fingerprint density at radius 1 is 1.38 bits per heavy atom. The fourth-order valence-corrected chi connectivity index (χ4v) is 2.10. The highest BCUT2D eigenvalue weighted by Gasteiger charge is 2.09. The van der Waals surface area contributed by atoms with Crippen LogP contribution in [0.4, 0.5) is 0 Å². The molecule has 1 aromatic rings. The molecule has 1 aromatic carbocycles. The first-order valence-corrected chi connectivity index (χ1v) is 5.10. The molecule has 0 aliphatic carbocycles. The molecular weight excluding hydrogens is 200 g/mol. The molecule has 1 rings (SSSR count). The van der Waals surface area contributed by atoms with Gasteiger partial charge in [-0.25, -0.2) is 0 Å². The van der Waals surface area contributed by atoms with Gasteiger partial charge < -0.3 is 4.74 Å². The topological polar surface area (TPSA) is 9.23 Å². The number of hydrogen-bond acceptors (Lipinski definition) is 1. The summed E-state index contributed by atoms with van der Waals surface area (Å²) in [6.07, 6.45) is 0. The molecule has 0 aliphatic rings. The maximum atomic E-state index is 5.81. The minimum absolute atomic E-state index is 0.536. The molecule has 13 heavy (non-hydrogen) atoms. The van der Waals surface area contributed by atoms with Crippen molar-refractivity contribution in [1.82, 2.24) is 0 Å². The second kappa shape index (κ2) is 4.16. The van der Waals surface area contributed by atoms with Gasteiger partial charge in [0.2, 0.25) is 0 Å². The smallest absolute Gasteiger partial charge is 0.120 e. The van der Waals surface area contributed by atoms with Crippen LogP contribution in [0, 0.1) is 13.8 Å². The normalized spacial score (nSPS) is 10.2. The molecule has 0 heterocycles. The third kappa shape index (κ3) is 1.89. The summed E-state index contributed by atoms with van der Waals surface area (Å²) in [5.41, 5.74) is 3.49. The van der Waals surface area contributed by atoms with Gasteiger partial charge in [-0.3, -0.25) is 0 Å². The maximum absolute atomic E-state index is 5.81. The van der Waals surface area contributed by atoms with Gasteiger partial charge in [0.15, 0.2) is 0 Å². The van der Waals surface area contributed by atoms with Crippen molar-refractivity contribution in [1.29, 1.82) is 0 Å². The van der Waals surface area contributed by atoms with Crippen LogP contribution in [-0.4, -0.2) is 17.4 Å². The molecule has 0 bridgehead atoms. The molecule has 0 aromatic heterocycles. The van der Waals surface area contributed by atoms with E-state index in [2.05, 4.69) is 17.2 Å². The summed E-state index contributed by atoms with van der Waals surface area (Å²) in [7, 11) is 5.17. The van der Waals surface area contributed by atoms with Gasteiger partial charge in [0.25, 0.3) is 0 Å². The molecule has 0 aliphatic heterocycles. The quantitative estimate of drug-likeness (QED) is 0.536. The van der Waals surface area contributed by atoms with E-state index in [4.69, 9.17) is 16.3 Å². The van der Waals surface area contributed by atoms with Crippen LogP contribution in [0.3, 0.4) is 0 Å². The third-order valence-electron chi connectivity index (χ3n) is 2.30. The van der Waals surface area contributed by atoms with Gasteiger partial charge in [-0.2, -0.15) is 0 Å². The molecule has 0 saturated carbocycles. The van der Waals surface area contributed by atoms with Gasteiger partial charge in [0, 0.05) is 5.88 Å². The Bertz CT molecular complexity index is 323. The molecular formula is C10H12ClOSi. The van der Waals surface area contributed by atoms with Crippen LogP contribution in [0.15, 0.2) is 6.07 Å². The van der Waals surface area contributed by atoms with Crippen molar-refractivity contribution >= 4 is 27.0 Å². The van der Waals surface area contributed by atoms with E-state index in [0.29, 0.717) is 5.88 Å². The average molecular weight is 212 g/mol. The van der Waals surface area contributed by atoms with Crippen molar-refractivity contribution in [3.05, 3.63) is 22.8 Å². The molecule has 0 unspecified atom stereocenters. The van der Waals surface area contributed by atoms with E-state index < -0.39 is 0 Å². The molecule has 0 spiro atoms. The van der Waals surface area contributed by atoms with Crippen molar-refractivity contribution in [3.8, 4) is 5.75 Å². The monoisotopic (exact) mass is 211 g/mol. The largest absolute Gasteiger partial charge is 0.497 e. The van der Waals surface area contributed by atoms with Gasteiger partial charge in [-0.1, -0.05) is 6.07 Å². The highest BCUT2D eigenvalue weighted by atomic mass is 35.5. The molecule has 0 atom stereocenters. The molecule has 3 heteroatoms. The lowest BCUT2D eigenvalue weighted by Crippen LogP contribution is -2.11. The van der Waals surface area contributed by atoms with E-state index in [1.165, 1.54) is 5.56 Å². The fraction of sp³-hybridized carbons (Fsp3) is 0.400. The summed E-state index contributed by atoms with van der Waals surface area (Å²) < 4.78 is 5.26. The first-order valence-electron chi connectivity index (χ1n) is 4.06. The van der Waals surface area contributed by atoms with E-state index in [-0.39, 0.29) is 0 Å². The molecule has 0 amide bonds. The van der Waals surface area contributed by atoms with Crippen LogP contribution >= 0.6 is 11.6 Å². The first kappa shape index (κ1) is 10.6. The molecule has 69 valence electrons. The summed E-state index contributed by atoms with van der Waals surface area (Å²) in [4.78, 5) is 0. The summed E-state index contributed by atoms with van der Waals surface area (Å²) >= 11 is 5.81. The lowest BCUT2D eigenvalue weighted by Gasteiger charge is -2.14. The Hall–Kier alpha value is -0.473. The first-order chi connectivity index (χ1) is 6.11. The minimum Gasteiger partial charge on any atom is -0.497 e. The number of rotatable bonds is 2. The van der Waals surface area contributed by atoms with Crippen LogP contribution in [-0.2, 0) is 5.88 Å². The van der Waals surface area contributed by atoms with E-state index in [1.54, 1.807) is 7.11 Å². The second-order valence-corrected chi connectivity index (χ2v) is 3.81. The summed E-state index contributed by atoms with van der Waals surface area (Å²) in [5, 5.41) is 0.959. The van der Waals surface area contributed by atoms with E-state index in [9.17, 15) is 0 Å². The number of ether oxygens (including phenoxy) is 1. The lowest BCUT2D eigenvalue weighted by molar-refractivity contribution is 0.414. The van der Waals surface area contributed by atoms with E-state index in [1.807, 2.05) is 13.0 Å². The SMILES string of the molecule is COc1c([Si])cc(CCl)c(C)c1C.